The van der Waals surface area contributed by atoms with Crippen LogP contribution in [0.4, 0.5) is 0 Å². The summed E-state index contributed by atoms with van der Waals surface area (Å²) in [7, 11) is 1.95. The van der Waals surface area contributed by atoms with Crippen molar-refractivity contribution in [1.29, 1.82) is 0 Å². The number of likely N-dealkylation sites (N-methyl/N-ethyl adjacent to an activating group) is 1. The van der Waals surface area contributed by atoms with Crippen LogP contribution in [0.5, 0.6) is 0 Å². The van der Waals surface area contributed by atoms with Crippen molar-refractivity contribution in [2.45, 2.75) is 32.7 Å². The van der Waals surface area contributed by atoms with E-state index in [0.29, 0.717) is 0 Å². The second-order valence-electron chi connectivity index (χ2n) is 4.40. The first-order valence-electron chi connectivity index (χ1n) is 6.49. The maximum atomic E-state index is 6.41. The van der Waals surface area contributed by atoms with E-state index in [1.54, 1.807) is 11.3 Å². The van der Waals surface area contributed by atoms with Gasteiger partial charge in [0.15, 0.2) is 0 Å². The van der Waals surface area contributed by atoms with Crippen LogP contribution in [0.25, 0.3) is 0 Å². The first kappa shape index (κ1) is 14.5. The minimum atomic E-state index is 0.245. The van der Waals surface area contributed by atoms with Crippen LogP contribution in [-0.4, -0.2) is 21.3 Å². The molecule has 0 fully saturated rings. The molecule has 6 heteroatoms. The zero-order chi connectivity index (χ0) is 13.8. The van der Waals surface area contributed by atoms with Crippen LogP contribution >= 0.6 is 22.9 Å². The number of hydrogen-bond acceptors (Lipinski definition) is 4. The summed E-state index contributed by atoms with van der Waals surface area (Å²) in [6.07, 6.45) is 3.61. The van der Waals surface area contributed by atoms with Gasteiger partial charge in [0, 0.05) is 30.6 Å². The molecule has 1 unspecified atom stereocenters. The fourth-order valence-electron chi connectivity index (χ4n) is 2.15. The molecule has 0 bridgehead atoms. The highest BCUT2D eigenvalue weighted by Gasteiger charge is 2.19. The summed E-state index contributed by atoms with van der Waals surface area (Å²) >= 11 is 8.08. The Kier molecular flexibility index (Phi) is 4.96. The van der Waals surface area contributed by atoms with Crippen LogP contribution in [0.2, 0.25) is 5.02 Å². The van der Waals surface area contributed by atoms with Crippen molar-refractivity contribution in [1.82, 2.24) is 20.1 Å². The van der Waals surface area contributed by atoms with Crippen molar-refractivity contribution in [3.8, 4) is 0 Å². The minimum absolute atomic E-state index is 0.245. The van der Waals surface area contributed by atoms with Crippen LogP contribution in [0, 0.1) is 0 Å². The Hall–Kier alpha value is -0.910. The van der Waals surface area contributed by atoms with Crippen LogP contribution in [0.3, 0.4) is 0 Å². The van der Waals surface area contributed by atoms with Crippen molar-refractivity contribution in [2.75, 3.05) is 6.54 Å². The lowest BCUT2D eigenvalue weighted by atomic mass is 10.1. The molecule has 0 radical (unpaired) electrons. The highest BCUT2D eigenvalue weighted by Crippen LogP contribution is 2.27. The smallest absolute Gasteiger partial charge is 0.0850 e. The molecule has 0 aliphatic heterocycles. The van der Waals surface area contributed by atoms with Crippen molar-refractivity contribution < 1.29 is 0 Å². The Bertz CT molecular complexity index is 521. The van der Waals surface area contributed by atoms with Gasteiger partial charge in [0.1, 0.15) is 0 Å². The predicted molar refractivity (Wildman–Crippen MR) is 79.8 cm³/mol. The Morgan fingerprint density at radius 2 is 2.26 bits per heavy atom. The van der Waals surface area contributed by atoms with Gasteiger partial charge in [-0.3, -0.25) is 9.67 Å². The zero-order valence-corrected chi connectivity index (χ0v) is 13.1. The van der Waals surface area contributed by atoms with E-state index < -0.39 is 0 Å². The van der Waals surface area contributed by atoms with E-state index in [4.69, 9.17) is 11.6 Å². The lowest BCUT2D eigenvalue weighted by Crippen LogP contribution is -2.23. The Morgan fingerprint density at radius 3 is 2.79 bits per heavy atom. The maximum Gasteiger partial charge on any atom is 0.0850 e. The van der Waals surface area contributed by atoms with Crippen molar-refractivity contribution in [3.63, 3.8) is 0 Å². The van der Waals surface area contributed by atoms with Gasteiger partial charge in [0.05, 0.1) is 21.9 Å². The third-order valence-corrected chi connectivity index (χ3v) is 4.47. The molecule has 0 aliphatic rings. The molecule has 2 aromatic heterocycles. The normalized spacial score (nSPS) is 12.8. The molecule has 2 rings (SSSR count). The molecular formula is C13H19ClN4S. The molecule has 0 amide bonds. The van der Waals surface area contributed by atoms with E-state index in [1.807, 2.05) is 23.4 Å². The number of nitrogens with one attached hydrogen (secondary N) is 1. The number of aromatic nitrogens is 3. The molecule has 0 saturated carbocycles. The fraction of sp³-hybridized carbons (Fsp3) is 0.538. The molecule has 0 aromatic carbocycles. The van der Waals surface area contributed by atoms with Crippen LogP contribution in [0.1, 0.15) is 36.2 Å². The van der Waals surface area contributed by atoms with E-state index in [1.165, 1.54) is 4.88 Å². The molecule has 19 heavy (non-hydrogen) atoms. The van der Waals surface area contributed by atoms with E-state index in [2.05, 4.69) is 29.2 Å². The van der Waals surface area contributed by atoms with Crippen molar-refractivity contribution in [2.24, 2.45) is 7.05 Å². The topological polar surface area (TPSA) is 42.7 Å². The molecule has 0 aliphatic carbocycles. The van der Waals surface area contributed by atoms with Gasteiger partial charge in [0.2, 0.25) is 0 Å². The van der Waals surface area contributed by atoms with Crippen molar-refractivity contribution >= 4 is 22.9 Å². The molecular weight excluding hydrogens is 280 g/mol. The lowest BCUT2D eigenvalue weighted by molar-refractivity contribution is 0.535. The minimum Gasteiger partial charge on any atom is -0.309 e. The number of nitrogens with zero attached hydrogens (tertiary/aromatic N) is 3. The Balaban J connectivity index is 2.24. The second-order valence-corrected chi connectivity index (χ2v) is 5.70. The Labute approximate surface area is 122 Å². The first-order valence-corrected chi connectivity index (χ1v) is 7.75. The van der Waals surface area contributed by atoms with Gasteiger partial charge in [-0.25, -0.2) is 0 Å². The van der Waals surface area contributed by atoms with E-state index in [0.717, 1.165) is 35.8 Å². The van der Waals surface area contributed by atoms with Crippen LogP contribution in [0.15, 0.2) is 11.7 Å². The Morgan fingerprint density at radius 1 is 1.47 bits per heavy atom. The van der Waals surface area contributed by atoms with Gasteiger partial charge >= 0.3 is 0 Å². The molecule has 0 spiro atoms. The molecule has 2 heterocycles. The standard InChI is InChI=1S/C13H19ClN4S/c1-4-9-13(14)11(18(3)17-9)6-10(16-5-2)12-7-15-8-19-12/h7-8,10,16H,4-6H2,1-3H3. The molecule has 1 atom stereocenters. The quantitative estimate of drug-likeness (QED) is 0.891. The SMILES string of the molecule is CCNC(Cc1c(Cl)c(CC)nn1C)c1cncs1. The summed E-state index contributed by atoms with van der Waals surface area (Å²) in [5, 5.41) is 8.76. The fourth-order valence-corrected chi connectivity index (χ4v) is 3.22. The third-order valence-electron chi connectivity index (χ3n) is 3.15. The number of halogens is 1. The zero-order valence-electron chi connectivity index (χ0n) is 11.5. The second kappa shape index (κ2) is 6.50. The van der Waals surface area contributed by atoms with Gasteiger partial charge in [-0.15, -0.1) is 11.3 Å². The summed E-state index contributed by atoms with van der Waals surface area (Å²) in [6, 6.07) is 0.245. The highest BCUT2D eigenvalue weighted by atomic mass is 35.5. The summed E-state index contributed by atoms with van der Waals surface area (Å²) < 4.78 is 1.90. The summed E-state index contributed by atoms with van der Waals surface area (Å²) in [5.74, 6) is 0. The van der Waals surface area contributed by atoms with Gasteiger partial charge in [-0.1, -0.05) is 25.4 Å². The summed E-state index contributed by atoms with van der Waals surface area (Å²) in [5.41, 5.74) is 3.92. The van der Waals surface area contributed by atoms with Crippen molar-refractivity contribution in [3.05, 3.63) is 33.0 Å². The highest BCUT2D eigenvalue weighted by molar-refractivity contribution is 7.09. The largest absolute Gasteiger partial charge is 0.309 e. The van der Waals surface area contributed by atoms with E-state index in [9.17, 15) is 0 Å². The van der Waals surface area contributed by atoms with Gasteiger partial charge in [-0.05, 0) is 13.0 Å². The maximum absolute atomic E-state index is 6.41. The first-order chi connectivity index (χ1) is 9.17. The molecule has 4 nitrogen and oxygen atoms in total. The number of rotatable bonds is 6. The number of thiazole rings is 1. The molecule has 0 saturated heterocycles. The van der Waals surface area contributed by atoms with Crippen LogP contribution in [-0.2, 0) is 19.9 Å². The predicted octanol–water partition coefficient (Wildman–Crippen LogP) is 2.99. The third kappa shape index (κ3) is 3.16. The number of aryl methyl sites for hydroxylation is 2. The van der Waals surface area contributed by atoms with Crippen LogP contribution < -0.4 is 5.32 Å². The summed E-state index contributed by atoms with van der Waals surface area (Å²) in [4.78, 5) is 5.39. The summed E-state index contributed by atoms with van der Waals surface area (Å²) in [6.45, 7) is 5.10. The van der Waals surface area contributed by atoms with Gasteiger partial charge in [-0.2, -0.15) is 5.10 Å². The average Bonchev–Trinajstić information content (AvgIpc) is 3.01. The average molecular weight is 299 g/mol. The lowest BCUT2D eigenvalue weighted by Gasteiger charge is -2.16. The van der Waals surface area contributed by atoms with E-state index >= 15 is 0 Å². The van der Waals surface area contributed by atoms with Gasteiger partial charge < -0.3 is 5.32 Å². The monoisotopic (exact) mass is 298 g/mol. The van der Waals surface area contributed by atoms with E-state index in [-0.39, 0.29) is 6.04 Å². The molecule has 104 valence electrons. The molecule has 1 N–H and O–H groups in total. The molecule has 2 aromatic rings. The van der Waals surface area contributed by atoms with Gasteiger partial charge in [0.25, 0.3) is 0 Å². The number of hydrogen-bond donors (Lipinski definition) is 1.